The van der Waals surface area contributed by atoms with Gasteiger partial charge < -0.3 is 15.0 Å². The molecule has 1 unspecified atom stereocenters. The van der Waals surface area contributed by atoms with Gasteiger partial charge in [0, 0.05) is 12.2 Å². The predicted octanol–water partition coefficient (Wildman–Crippen LogP) is 4.11. The van der Waals surface area contributed by atoms with E-state index in [2.05, 4.69) is 10.0 Å². The molecular formula is C24H25N3O5S2. The molecule has 4 rings (SSSR count). The van der Waals surface area contributed by atoms with Crippen LogP contribution in [-0.4, -0.2) is 44.8 Å². The van der Waals surface area contributed by atoms with E-state index in [0.717, 1.165) is 6.42 Å². The van der Waals surface area contributed by atoms with Crippen LogP contribution in [0.15, 0.2) is 64.9 Å². The van der Waals surface area contributed by atoms with Crippen molar-refractivity contribution in [3.63, 3.8) is 0 Å². The third-order valence-corrected chi connectivity index (χ3v) is 8.01. The van der Waals surface area contributed by atoms with Crippen LogP contribution in [0, 0.1) is 6.92 Å². The molecule has 1 fully saturated rings. The smallest absolute Gasteiger partial charge is 0.264 e. The number of nitrogens with one attached hydrogen (secondary N) is 2. The molecule has 0 spiro atoms. The summed E-state index contributed by atoms with van der Waals surface area (Å²) in [5.41, 5.74) is 1.18. The Balaban J connectivity index is 1.54. The van der Waals surface area contributed by atoms with E-state index >= 15 is 0 Å². The second-order valence-corrected chi connectivity index (χ2v) is 10.5. The highest BCUT2D eigenvalue weighted by molar-refractivity contribution is 7.92. The number of sulfonamides is 1. The number of likely N-dealkylation sites (tertiary alicyclic amines) is 1. The van der Waals surface area contributed by atoms with Gasteiger partial charge in [-0.2, -0.15) is 0 Å². The lowest BCUT2D eigenvalue weighted by molar-refractivity contribution is -0.119. The first-order valence-electron chi connectivity index (χ1n) is 10.7. The summed E-state index contributed by atoms with van der Waals surface area (Å²) in [6, 6.07) is 14.4. The van der Waals surface area contributed by atoms with Crippen molar-refractivity contribution in [1.82, 2.24) is 4.90 Å². The molecule has 2 aromatic carbocycles. The Bertz CT molecular complexity index is 1310. The summed E-state index contributed by atoms with van der Waals surface area (Å²) in [4.78, 5) is 28.0. The fraction of sp³-hybridized carbons (Fsp3) is 0.250. The van der Waals surface area contributed by atoms with Crippen molar-refractivity contribution < 1.29 is 22.7 Å². The number of thiophene rings is 1. The van der Waals surface area contributed by atoms with Crippen molar-refractivity contribution in [2.75, 3.05) is 23.7 Å². The van der Waals surface area contributed by atoms with Crippen molar-refractivity contribution in [2.45, 2.75) is 30.7 Å². The molecule has 2 heterocycles. The van der Waals surface area contributed by atoms with E-state index in [1.807, 2.05) is 5.38 Å². The second kappa shape index (κ2) is 9.86. The first-order chi connectivity index (χ1) is 16.3. The molecule has 1 saturated heterocycles. The molecule has 0 bridgehead atoms. The van der Waals surface area contributed by atoms with Crippen molar-refractivity contribution in [2.24, 2.45) is 0 Å². The number of methoxy groups -OCH3 is 1. The van der Waals surface area contributed by atoms with Gasteiger partial charge in [0.15, 0.2) is 0 Å². The molecule has 1 atom stereocenters. The molecule has 0 radical (unpaired) electrons. The van der Waals surface area contributed by atoms with Crippen LogP contribution in [-0.2, 0) is 14.8 Å². The number of carbonyl (C=O) groups excluding carboxylic acids is 2. The molecule has 3 aromatic rings. The van der Waals surface area contributed by atoms with E-state index in [4.69, 9.17) is 4.74 Å². The van der Waals surface area contributed by atoms with Crippen LogP contribution in [0.4, 0.5) is 11.4 Å². The topological polar surface area (TPSA) is 105 Å². The van der Waals surface area contributed by atoms with Gasteiger partial charge in [-0.05, 0) is 61.0 Å². The maximum atomic E-state index is 13.1. The first-order valence-corrected chi connectivity index (χ1v) is 13.1. The van der Waals surface area contributed by atoms with Crippen LogP contribution in [0.2, 0.25) is 0 Å². The highest BCUT2D eigenvalue weighted by atomic mass is 32.2. The average molecular weight is 500 g/mol. The lowest BCUT2D eigenvalue weighted by Crippen LogP contribution is -2.43. The zero-order valence-corrected chi connectivity index (χ0v) is 20.4. The Hall–Kier alpha value is -3.37. The first kappa shape index (κ1) is 23.8. The number of benzene rings is 2. The number of carbonyl (C=O) groups is 2. The third-order valence-electron chi connectivity index (χ3n) is 5.64. The van der Waals surface area contributed by atoms with E-state index in [0.29, 0.717) is 40.5 Å². The van der Waals surface area contributed by atoms with Crippen LogP contribution in [0.25, 0.3) is 0 Å². The van der Waals surface area contributed by atoms with E-state index < -0.39 is 16.1 Å². The lowest BCUT2D eigenvalue weighted by atomic mass is 10.2. The molecule has 0 saturated carbocycles. The Kier molecular flexibility index (Phi) is 6.90. The maximum Gasteiger partial charge on any atom is 0.264 e. The number of hydrogen-bond donors (Lipinski definition) is 2. The highest BCUT2D eigenvalue weighted by Gasteiger charge is 2.35. The highest BCUT2D eigenvalue weighted by Crippen LogP contribution is 2.29. The van der Waals surface area contributed by atoms with Crippen molar-refractivity contribution in [1.29, 1.82) is 0 Å². The quantitative estimate of drug-likeness (QED) is 0.509. The standard InChI is InChI=1S/C24H25N3O5S2/c1-16-11-12-17(15-22(16)34(30,31)26-18-7-3-4-9-20(18)32-2)25-23(28)19-8-5-13-27(19)24(29)21-10-6-14-33-21/h3-4,6-7,9-12,14-15,19,26H,5,8,13H2,1-2H3,(H,25,28). The van der Waals surface area contributed by atoms with E-state index in [9.17, 15) is 18.0 Å². The largest absolute Gasteiger partial charge is 0.495 e. The lowest BCUT2D eigenvalue weighted by Gasteiger charge is -2.23. The van der Waals surface area contributed by atoms with Gasteiger partial charge in [0.2, 0.25) is 5.91 Å². The molecule has 178 valence electrons. The van der Waals surface area contributed by atoms with Gasteiger partial charge in [-0.15, -0.1) is 11.3 Å². The number of nitrogens with zero attached hydrogens (tertiary/aromatic N) is 1. The van der Waals surface area contributed by atoms with Gasteiger partial charge in [-0.1, -0.05) is 24.3 Å². The minimum Gasteiger partial charge on any atom is -0.495 e. The van der Waals surface area contributed by atoms with Crippen LogP contribution < -0.4 is 14.8 Å². The van der Waals surface area contributed by atoms with Crippen molar-refractivity contribution >= 4 is 44.5 Å². The molecular weight excluding hydrogens is 474 g/mol. The van der Waals surface area contributed by atoms with Crippen LogP contribution in [0.1, 0.15) is 28.1 Å². The summed E-state index contributed by atoms with van der Waals surface area (Å²) in [5.74, 6) is -0.113. The second-order valence-electron chi connectivity index (χ2n) is 7.91. The Labute approximate surface area is 202 Å². The Morgan fingerprint density at radius 1 is 1.12 bits per heavy atom. The molecule has 1 aliphatic rings. The van der Waals surface area contributed by atoms with Crippen molar-refractivity contribution in [3.05, 3.63) is 70.4 Å². The summed E-state index contributed by atoms with van der Waals surface area (Å²) in [5, 5.41) is 4.62. The molecule has 1 aliphatic heterocycles. The van der Waals surface area contributed by atoms with Gasteiger partial charge in [-0.25, -0.2) is 8.42 Å². The van der Waals surface area contributed by atoms with Crippen LogP contribution in [0.3, 0.4) is 0 Å². The Morgan fingerprint density at radius 3 is 2.65 bits per heavy atom. The van der Waals surface area contributed by atoms with Crippen LogP contribution in [0.5, 0.6) is 5.75 Å². The van der Waals surface area contributed by atoms with Gasteiger partial charge in [0.1, 0.15) is 11.8 Å². The minimum atomic E-state index is -3.95. The minimum absolute atomic E-state index is 0.0362. The summed E-state index contributed by atoms with van der Waals surface area (Å²) in [6.07, 6.45) is 1.28. The van der Waals surface area contributed by atoms with Crippen molar-refractivity contribution in [3.8, 4) is 5.75 Å². The summed E-state index contributed by atoms with van der Waals surface area (Å²) in [7, 11) is -2.49. The molecule has 1 aromatic heterocycles. The third kappa shape index (κ3) is 4.92. The molecule has 2 amide bonds. The molecule has 2 N–H and O–H groups in total. The fourth-order valence-electron chi connectivity index (χ4n) is 3.95. The van der Waals surface area contributed by atoms with Gasteiger partial charge in [-0.3, -0.25) is 14.3 Å². The molecule has 34 heavy (non-hydrogen) atoms. The monoisotopic (exact) mass is 499 g/mol. The van der Waals surface area contributed by atoms with Crippen LogP contribution >= 0.6 is 11.3 Å². The Morgan fingerprint density at radius 2 is 1.91 bits per heavy atom. The zero-order chi connectivity index (χ0) is 24.3. The molecule has 8 nitrogen and oxygen atoms in total. The van der Waals surface area contributed by atoms with Gasteiger partial charge >= 0.3 is 0 Å². The normalized spacial score (nSPS) is 15.7. The number of aryl methyl sites for hydroxylation is 1. The number of rotatable bonds is 7. The predicted molar refractivity (Wildman–Crippen MR) is 132 cm³/mol. The number of ether oxygens (including phenoxy) is 1. The summed E-state index contributed by atoms with van der Waals surface area (Å²) < 4.78 is 34.0. The summed E-state index contributed by atoms with van der Waals surface area (Å²) in [6.45, 7) is 2.19. The summed E-state index contributed by atoms with van der Waals surface area (Å²) >= 11 is 1.34. The zero-order valence-electron chi connectivity index (χ0n) is 18.8. The SMILES string of the molecule is COc1ccccc1NS(=O)(=O)c1cc(NC(=O)C2CCCN2C(=O)c2cccs2)ccc1C. The van der Waals surface area contributed by atoms with Gasteiger partial charge in [0.05, 0.1) is 22.6 Å². The van der Waals surface area contributed by atoms with E-state index in [1.54, 1.807) is 60.4 Å². The maximum absolute atomic E-state index is 13.1. The number of hydrogen-bond acceptors (Lipinski definition) is 6. The van der Waals surface area contributed by atoms with Gasteiger partial charge in [0.25, 0.3) is 15.9 Å². The van der Waals surface area contributed by atoms with E-state index in [-0.39, 0.29) is 16.7 Å². The van der Waals surface area contributed by atoms with E-state index in [1.165, 1.54) is 24.5 Å². The molecule has 10 heteroatoms. The molecule has 0 aliphatic carbocycles. The average Bonchev–Trinajstić information content (AvgIpc) is 3.52. The number of para-hydroxylation sites is 2. The number of amides is 2. The number of anilines is 2. The fourth-order valence-corrected chi connectivity index (χ4v) is 5.97.